The van der Waals surface area contributed by atoms with Crippen LogP contribution in [0.4, 0.5) is 23.5 Å². The first-order chi connectivity index (χ1) is 12.8. The van der Waals surface area contributed by atoms with Crippen LogP contribution in [0.5, 0.6) is 11.5 Å². The molecule has 3 rings (SSSR count). The van der Waals surface area contributed by atoms with Crippen LogP contribution in [0, 0.1) is 0 Å². The maximum Gasteiger partial charge on any atom is 0.573 e. The lowest BCUT2D eigenvalue weighted by Gasteiger charge is -2.34. The van der Waals surface area contributed by atoms with Gasteiger partial charge in [-0.3, -0.25) is 4.79 Å². The molecule has 0 bridgehead atoms. The van der Waals surface area contributed by atoms with E-state index in [-0.39, 0.29) is 18.0 Å². The topological polar surface area (TPSA) is 64.6 Å². The third-order valence-corrected chi connectivity index (χ3v) is 3.90. The van der Waals surface area contributed by atoms with Crippen molar-refractivity contribution in [1.29, 1.82) is 0 Å². The largest absolute Gasteiger partial charge is 0.573 e. The Kier molecular flexibility index (Phi) is 5.43. The molecule has 0 aliphatic carbocycles. The average molecular weight is 385 g/mol. The zero-order valence-corrected chi connectivity index (χ0v) is 13.9. The Hall–Kier alpha value is -2.91. The van der Waals surface area contributed by atoms with Crippen LogP contribution in [0.15, 0.2) is 36.7 Å². The molecule has 0 saturated carbocycles. The van der Waals surface area contributed by atoms with Crippen molar-refractivity contribution in [2.75, 3.05) is 18.0 Å². The highest BCUT2D eigenvalue weighted by atomic mass is 19.4. The zero-order chi connectivity index (χ0) is 19.4. The molecule has 144 valence electrons. The number of ether oxygens (including phenoxy) is 2. The van der Waals surface area contributed by atoms with E-state index in [2.05, 4.69) is 14.7 Å². The van der Waals surface area contributed by atoms with E-state index in [1.54, 1.807) is 4.90 Å². The summed E-state index contributed by atoms with van der Waals surface area (Å²) in [4.78, 5) is 20.3. The van der Waals surface area contributed by atoms with Crippen LogP contribution in [0.2, 0.25) is 0 Å². The first-order valence-corrected chi connectivity index (χ1v) is 8.03. The summed E-state index contributed by atoms with van der Waals surface area (Å²) >= 11 is 0. The molecule has 1 aliphatic rings. The van der Waals surface area contributed by atoms with Gasteiger partial charge in [0.1, 0.15) is 17.6 Å². The molecule has 2 aromatic rings. The first kappa shape index (κ1) is 18.9. The van der Waals surface area contributed by atoms with Gasteiger partial charge in [0, 0.05) is 25.4 Å². The van der Waals surface area contributed by atoms with E-state index in [1.165, 1.54) is 24.5 Å². The number of hydrogen-bond acceptors (Lipinski definition) is 6. The molecule has 10 heteroatoms. The second kappa shape index (κ2) is 7.77. The molecule has 1 aromatic carbocycles. The normalized spacial score (nSPS) is 20.2. The van der Waals surface area contributed by atoms with Crippen molar-refractivity contribution in [1.82, 2.24) is 9.97 Å². The van der Waals surface area contributed by atoms with E-state index in [0.29, 0.717) is 30.8 Å². The molecule has 1 aromatic heterocycles. The highest BCUT2D eigenvalue weighted by Crippen LogP contribution is 2.27. The number of halogens is 4. The van der Waals surface area contributed by atoms with E-state index >= 15 is 0 Å². The maximum atomic E-state index is 14.5. The summed E-state index contributed by atoms with van der Waals surface area (Å²) in [6.07, 6.45) is -3.20. The van der Waals surface area contributed by atoms with Gasteiger partial charge in [-0.15, -0.1) is 13.2 Å². The number of benzene rings is 1. The second-order valence-corrected chi connectivity index (χ2v) is 5.86. The molecular weight excluding hydrogens is 370 g/mol. The molecule has 27 heavy (non-hydrogen) atoms. The number of piperidine rings is 1. The number of alkyl halides is 4. The maximum absolute atomic E-state index is 14.5. The summed E-state index contributed by atoms with van der Waals surface area (Å²) < 4.78 is 60.2. The van der Waals surface area contributed by atoms with Gasteiger partial charge in [-0.2, -0.15) is 0 Å². The smallest absolute Gasteiger partial charge is 0.487 e. The van der Waals surface area contributed by atoms with Crippen LogP contribution in [0.1, 0.15) is 16.8 Å². The van der Waals surface area contributed by atoms with Crippen molar-refractivity contribution in [3.63, 3.8) is 0 Å². The summed E-state index contributed by atoms with van der Waals surface area (Å²) in [5.41, 5.74) is 0.326. The van der Waals surface area contributed by atoms with Crippen LogP contribution < -0.4 is 14.4 Å². The van der Waals surface area contributed by atoms with Crippen molar-refractivity contribution in [2.24, 2.45) is 0 Å². The number of aromatic nitrogens is 2. The quantitative estimate of drug-likeness (QED) is 0.582. The van der Waals surface area contributed by atoms with Gasteiger partial charge in [0.15, 0.2) is 12.5 Å². The number of rotatable bonds is 5. The predicted molar refractivity (Wildman–Crippen MR) is 86.7 cm³/mol. The Labute approximate surface area is 151 Å². The average Bonchev–Trinajstić information content (AvgIpc) is 2.64. The number of carbonyl (C=O) groups is 1. The summed E-state index contributed by atoms with van der Waals surface area (Å²) in [5, 5.41) is 0. The van der Waals surface area contributed by atoms with Gasteiger partial charge < -0.3 is 14.4 Å². The van der Waals surface area contributed by atoms with Gasteiger partial charge in [-0.25, -0.2) is 14.4 Å². The molecular formula is C17H15F4N3O3. The van der Waals surface area contributed by atoms with Crippen LogP contribution in [0.25, 0.3) is 0 Å². The van der Waals surface area contributed by atoms with E-state index in [1.807, 2.05) is 0 Å². The van der Waals surface area contributed by atoms with Crippen LogP contribution >= 0.6 is 0 Å². The van der Waals surface area contributed by atoms with E-state index in [9.17, 15) is 22.4 Å². The van der Waals surface area contributed by atoms with E-state index in [4.69, 9.17) is 4.74 Å². The first-order valence-electron chi connectivity index (χ1n) is 8.03. The fourth-order valence-electron chi connectivity index (χ4n) is 2.65. The molecule has 1 aliphatic heterocycles. The van der Waals surface area contributed by atoms with Gasteiger partial charge >= 0.3 is 6.36 Å². The Balaban J connectivity index is 1.57. The standard InChI is InChI=1S/C17H15F4N3O3/c18-14-9-24(16-22-7-11(10-25)8-23-16)6-5-15(14)26-12-1-3-13(4-2-12)27-17(19,20)21/h1-4,7-8,10,14-15H,5-6,9H2/t14-,15?/m1/s1. The van der Waals surface area contributed by atoms with Crippen molar-refractivity contribution in [3.05, 3.63) is 42.2 Å². The molecule has 0 amide bonds. The molecule has 1 unspecified atom stereocenters. The summed E-state index contributed by atoms with van der Waals surface area (Å²) in [5.74, 6) is 0.185. The number of aldehydes is 1. The third kappa shape index (κ3) is 5.05. The summed E-state index contributed by atoms with van der Waals surface area (Å²) in [7, 11) is 0. The molecule has 1 fully saturated rings. The van der Waals surface area contributed by atoms with Crippen molar-refractivity contribution >= 4 is 12.2 Å². The van der Waals surface area contributed by atoms with Gasteiger partial charge in [-0.1, -0.05) is 0 Å². The van der Waals surface area contributed by atoms with Crippen LogP contribution in [0.3, 0.4) is 0 Å². The molecule has 6 nitrogen and oxygen atoms in total. The lowest BCUT2D eigenvalue weighted by molar-refractivity contribution is -0.274. The number of hydrogen-bond donors (Lipinski definition) is 0. The number of nitrogens with zero attached hydrogens (tertiary/aromatic N) is 3. The predicted octanol–water partition coefficient (Wildman–Crippen LogP) is 3.18. The molecule has 0 spiro atoms. The molecule has 2 heterocycles. The Morgan fingerprint density at radius 2 is 1.74 bits per heavy atom. The van der Waals surface area contributed by atoms with Gasteiger partial charge in [0.05, 0.1) is 12.1 Å². The van der Waals surface area contributed by atoms with E-state index in [0.717, 1.165) is 12.1 Å². The zero-order valence-electron chi connectivity index (χ0n) is 13.9. The van der Waals surface area contributed by atoms with Crippen LogP contribution in [-0.4, -0.2) is 48.0 Å². The van der Waals surface area contributed by atoms with Gasteiger partial charge in [0.2, 0.25) is 5.95 Å². The van der Waals surface area contributed by atoms with Crippen molar-refractivity contribution < 1.29 is 31.8 Å². The molecule has 1 saturated heterocycles. The van der Waals surface area contributed by atoms with E-state index < -0.39 is 18.6 Å². The van der Waals surface area contributed by atoms with Crippen LogP contribution in [-0.2, 0) is 0 Å². The molecule has 0 radical (unpaired) electrons. The fraction of sp³-hybridized carbons (Fsp3) is 0.353. The highest BCUT2D eigenvalue weighted by Gasteiger charge is 2.33. The highest BCUT2D eigenvalue weighted by molar-refractivity contribution is 5.73. The van der Waals surface area contributed by atoms with Gasteiger partial charge in [0.25, 0.3) is 0 Å². The third-order valence-electron chi connectivity index (χ3n) is 3.90. The Morgan fingerprint density at radius 3 is 2.30 bits per heavy atom. The van der Waals surface area contributed by atoms with Gasteiger partial charge in [-0.05, 0) is 24.3 Å². The minimum atomic E-state index is -4.77. The van der Waals surface area contributed by atoms with Crippen molar-refractivity contribution in [2.45, 2.75) is 25.1 Å². The minimum Gasteiger partial charge on any atom is -0.487 e. The Bertz CT molecular complexity index is 768. The number of anilines is 1. The lowest BCUT2D eigenvalue weighted by atomic mass is 10.1. The lowest BCUT2D eigenvalue weighted by Crippen LogP contribution is -2.47. The fourth-order valence-corrected chi connectivity index (χ4v) is 2.65. The summed E-state index contributed by atoms with van der Waals surface area (Å²) in [6, 6.07) is 4.80. The SMILES string of the molecule is O=Cc1cnc(N2CCC(Oc3ccc(OC(F)(F)F)cc3)[C@H](F)C2)nc1. The minimum absolute atomic E-state index is 0.000368. The second-order valence-electron chi connectivity index (χ2n) is 5.86. The van der Waals surface area contributed by atoms with Crippen molar-refractivity contribution in [3.8, 4) is 11.5 Å². The summed E-state index contributed by atoms with van der Waals surface area (Å²) in [6.45, 7) is 0.432. The monoisotopic (exact) mass is 385 g/mol. The Morgan fingerprint density at radius 1 is 1.11 bits per heavy atom. The molecule has 0 N–H and O–H groups in total. The number of carbonyl (C=O) groups excluding carboxylic acids is 1. The molecule has 2 atom stereocenters.